The van der Waals surface area contributed by atoms with Crippen LogP contribution in [-0.2, 0) is 9.59 Å². The maximum Gasteiger partial charge on any atom is 0.337 e. The fraction of sp³-hybridized carbons (Fsp3) is 0.158. The van der Waals surface area contributed by atoms with Crippen molar-refractivity contribution in [3.63, 3.8) is 0 Å². The highest BCUT2D eigenvalue weighted by atomic mass is 35.5. The summed E-state index contributed by atoms with van der Waals surface area (Å²) in [6, 6.07) is 7.55. The van der Waals surface area contributed by atoms with Crippen LogP contribution in [0.3, 0.4) is 0 Å². The van der Waals surface area contributed by atoms with Crippen molar-refractivity contribution in [2.45, 2.75) is 19.3 Å². The van der Waals surface area contributed by atoms with Crippen LogP contribution < -0.4 is 32.3 Å². The molecule has 33 heavy (non-hydrogen) atoms. The molecule has 6 N–H and O–H groups in total. The molecular weight excluding hydrogens is 518 g/mol. The Labute approximate surface area is 208 Å². The van der Waals surface area contributed by atoms with Crippen LogP contribution in [0.4, 0.5) is 21.0 Å². The molecule has 2 aromatic rings. The van der Waals surface area contributed by atoms with Crippen molar-refractivity contribution in [3.8, 4) is 0 Å². The summed E-state index contributed by atoms with van der Waals surface area (Å²) < 4.78 is 0. The fourth-order valence-corrected chi connectivity index (χ4v) is 2.95. The Morgan fingerprint density at radius 2 is 1.00 bits per heavy atom. The zero-order chi connectivity index (χ0) is 24.4. The largest absolute Gasteiger partial charge is 0.337 e. The fourth-order valence-electron chi connectivity index (χ4n) is 2.28. The van der Waals surface area contributed by atoms with Crippen LogP contribution in [0.1, 0.15) is 19.3 Å². The van der Waals surface area contributed by atoms with Gasteiger partial charge in [-0.2, -0.15) is 0 Å². The van der Waals surface area contributed by atoms with Gasteiger partial charge in [0.15, 0.2) is 0 Å². The molecule has 6 amide bonds. The van der Waals surface area contributed by atoms with E-state index in [1.54, 1.807) is 12.1 Å². The van der Waals surface area contributed by atoms with Crippen LogP contribution in [0.2, 0.25) is 20.1 Å². The first-order valence-corrected chi connectivity index (χ1v) is 10.8. The van der Waals surface area contributed by atoms with Crippen molar-refractivity contribution in [1.82, 2.24) is 21.7 Å². The number of carbonyl (C=O) groups is 4. The predicted molar refractivity (Wildman–Crippen MR) is 127 cm³/mol. The van der Waals surface area contributed by atoms with Gasteiger partial charge in [-0.05, 0) is 42.8 Å². The van der Waals surface area contributed by atoms with Crippen molar-refractivity contribution >= 4 is 81.7 Å². The minimum Gasteiger partial charge on any atom is -0.305 e. The summed E-state index contributed by atoms with van der Waals surface area (Å²) in [5, 5.41) is 6.13. The Morgan fingerprint density at radius 3 is 1.39 bits per heavy atom. The van der Waals surface area contributed by atoms with E-state index in [2.05, 4.69) is 32.3 Å². The molecule has 0 unspecified atom stereocenters. The number of carbonyl (C=O) groups excluding carboxylic acids is 4. The van der Waals surface area contributed by atoms with Crippen LogP contribution in [0.15, 0.2) is 36.4 Å². The van der Waals surface area contributed by atoms with Gasteiger partial charge in [0.1, 0.15) is 0 Å². The molecule has 176 valence electrons. The zero-order valence-electron chi connectivity index (χ0n) is 16.7. The molecule has 0 aromatic heterocycles. The van der Waals surface area contributed by atoms with Gasteiger partial charge in [0, 0.05) is 22.9 Å². The summed E-state index contributed by atoms with van der Waals surface area (Å²) >= 11 is 23.5. The first-order valence-electron chi connectivity index (χ1n) is 9.26. The van der Waals surface area contributed by atoms with Crippen molar-refractivity contribution in [1.29, 1.82) is 0 Å². The zero-order valence-corrected chi connectivity index (χ0v) is 19.8. The maximum absolute atomic E-state index is 11.8. The highest BCUT2D eigenvalue weighted by Crippen LogP contribution is 2.26. The molecular formula is C19H18Cl4N6O4. The lowest BCUT2D eigenvalue weighted by molar-refractivity contribution is -0.123. The highest BCUT2D eigenvalue weighted by Gasteiger charge is 2.10. The molecule has 0 aliphatic carbocycles. The third-order valence-electron chi connectivity index (χ3n) is 3.79. The minimum absolute atomic E-state index is 0.0596. The van der Waals surface area contributed by atoms with E-state index in [0.717, 1.165) is 0 Å². The quantitative estimate of drug-likeness (QED) is 0.303. The van der Waals surface area contributed by atoms with Crippen LogP contribution >= 0.6 is 46.4 Å². The third-order valence-corrected chi connectivity index (χ3v) is 4.92. The van der Waals surface area contributed by atoms with Crippen LogP contribution in [-0.4, -0.2) is 23.9 Å². The number of benzene rings is 2. The molecule has 2 aromatic carbocycles. The van der Waals surface area contributed by atoms with Gasteiger partial charge < -0.3 is 10.6 Å². The second-order valence-corrected chi connectivity index (χ2v) is 8.04. The van der Waals surface area contributed by atoms with E-state index in [1.807, 2.05) is 0 Å². The van der Waals surface area contributed by atoms with Crippen LogP contribution in [0.25, 0.3) is 0 Å². The summed E-state index contributed by atoms with van der Waals surface area (Å²) in [5.41, 5.74) is 9.20. The monoisotopic (exact) mass is 534 g/mol. The molecule has 0 spiro atoms. The Bertz CT molecular complexity index is 971. The first-order chi connectivity index (χ1) is 15.6. The van der Waals surface area contributed by atoms with Crippen molar-refractivity contribution in [2.24, 2.45) is 0 Å². The molecule has 0 atom stereocenters. The summed E-state index contributed by atoms with van der Waals surface area (Å²) in [5.74, 6) is -1.06. The van der Waals surface area contributed by atoms with E-state index < -0.39 is 23.9 Å². The molecule has 14 heteroatoms. The molecule has 0 radical (unpaired) electrons. The topological polar surface area (TPSA) is 140 Å². The second kappa shape index (κ2) is 12.9. The number of amides is 6. The van der Waals surface area contributed by atoms with E-state index in [9.17, 15) is 19.2 Å². The number of hydrogen-bond donors (Lipinski definition) is 6. The number of hydrazine groups is 2. The SMILES string of the molecule is O=C(CCCC(=O)NNC(=O)Nc1cc(Cl)ccc1Cl)NNC(=O)Nc1cc(Cl)ccc1Cl. The Hall–Kier alpha value is -2.92. The molecule has 0 saturated heterocycles. The Kier molecular flexibility index (Phi) is 10.3. The number of anilines is 2. The molecule has 0 aliphatic rings. The predicted octanol–water partition coefficient (Wildman–Crippen LogP) is 4.48. The molecule has 0 aliphatic heterocycles. The average molecular weight is 536 g/mol. The van der Waals surface area contributed by atoms with E-state index in [4.69, 9.17) is 46.4 Å². The molecule has 10 nitrogen and oxygen atoms in total. The smallest absolute Gasteiger partial charge is 0.305 e. The lowest BCUT2D eigenvalue weighted by atomic mass is 10.2. The Balaban J connectivity index is 1.62. The van der Waals surface area contributed by atoms with Crippen LogP contribution in [0, 0.1) is 0 Å². The van der Waals surface area contributed by atoms with Gasteiger partial charge in [-0.1, -0.05) is 46.4 Å². The summed E-state index contributed by atoms with van der Waals surface area (Å²) in [4.78, 5) is 47.2. The highest BCUT2D eigenvalue weighted by molar-refractivity contribution is 6.36. The van der Waals surface area contributed by atoms with E-state index >= 15 is 0 Å². The van der Waals surface area contributed by atoms with Gasteiger partial charge in [0.05, 0.1) is 21.4 Å². The maximum atomic E-state index is 11.8. The standard InChI is InChI=1S/C19H18Cl4N6O4/c20-10-4-6-12(22)14(8-10)24-18(32)28-26-16(30)2-1-3-17(31)27-29-19(33)25-15-9-11(21)5-7-13(15)23/h4-9H,1-3H2,(H,26,30)(H,27,31)(H2,24,28,32)(H2,25,29,33). The van der Waals surface area contributed by atoms with E-state index in [0.29, 0.717) is 10.0 Å². The van der Waals surface area contributed by atoms with E-state index in [-0.39, 0.29) is 40.7 Å². The van der Waals surface area contributed by atoms with Gasteiger partial charge in [-0.25, -0.2) is 20.4 Å². The van der Waals surface area contributed by atoms with Gasteiger partial charge in [-0.15, -0.1) is 0 Å². The van der Waals surface area contributed by atoms with Gasteiger partial charge in [0.2, 0.25) is 11.8 Å². The molecule has 0 fully saturated rings. The normalized spacial score (nSPS) is 10.1. The minimum atomic E-state index is -0.736. The Morgan fingerprint density at radius 1 is 0.606 bits per heavy atom. The molecule has 2 rings (SSSR count). The van der Waals surface area contributed by atoms with Gasteiger partial charge >= 0.3 is 12.1 Å². The number of nitrogens with one attached hydrogen (secondary N) is 6. The number of rotatable bonds is 6. The lowest BCUT2D eigenvalue weighted by Gasteiger charge is -2.11. The first kappa shape index (κ1) is 26.3. The van der Waals surface area contributed by atoms with E-state index in [1.165, 1.54) is 24.3 Å². The van der Waals surface area contributed by atoms with Crippen molar-refractivity contribution in [2.75, 3.05) is 10.6 Å². The van der Waals surface area contributed by atoms with Crippen molar-refractivity contribution in [3.05, 3.63) is 56.5 Å². The van der Waals surface area contributed by atoms with Crippen molar-refractivity contribution < 1.29 is 19.2 Å². The number of urea groups is 2. The summed E-state index contributed by atoms with van der Waals surface area (Å²) in [6.07, 6.45) is 0.0381. The number of hydrogen-bond acceptors (Lipinski definition) is 4. The molecule has 0 saturated carbocycles. The number of halogens is 4. The second-order valence-electron chi connectivity index (χ2n) is 6.36. The lowest BCUT2D eigenvalue weighted by Crippen LogP contribution is -2.44. The third kappa shape index (κ3) is 9.62. The summed E-state index contributed by atoms with van der Waals surface area (Å²) in [7, 11) is 0. The summed E-state index contributed by atoms with van der Waals surface area (Å²) in [6.45, 7) is 0. The van der Waals surface area contributed by atoms with Crippen LogP contribution in [0.5, 0.6) is 0 Å². The molecule has 0 bridgehead atoms. The van der Waals surface area contributed by atoms with Gasteiger partial charge in [-0.3, -0.25) is 20.4 Å². The molecule has 0 heterocycles. The average Bonchev–Trinajstić information content (AvgIpc) is 2.76. The van der Waals surface area contributed by atoms with Gasteiger partial charge in [0.25, 0.3) is 0 Å².